The van der Waals surface area contributed by atoms with Crippen molar-refractivity contribution in [2.24, 2.45) is 17.8 Å². The van der Waals surface area contributed by atoms with Crippen LogP contribution in [0.3, 0.4) is 0 Å². The van der Waals surface area contributed by atoms with E-state index >= 15 is 0 Å². The molecule has 1 aliphatic heterocycles. The van der Waals surface area contributed by atoms with Crippen LogP contribution >= 0.6 is 0 Å². The number of likely N-dealkylation sites (tertiary alicyclic amines) is 1. The van der Waals surface area contributed by atoms with Crippen LogP contribution in [0.4, 0.5) is 4.79 Å². The highest BCUT2D eigenvalue weighted by molar-refractivity contribution is 5.76. The molecule has 2 amide bonds. The van der Waals surface area contributed by atoms with Crippen LogP contribution in [0, 0.1) is 17.8 Å². The van der Waals surface area contributed by atoms with Gasteiger partial charge in [-0.2, -0.15) is 0 Å². The molecule has 2 rings (SSSR count). The molecule has 0 radical (unpaired) electrons. The summed E-state index contributed by atoms with van der Waals surface area (Å²) in [6.07, 6.45) is 7.72. The molecule has 120 valence electrons. The van der Waals surface area contributed by atoms with Crippen LogP contribution in [0.5, 0.6) is 0 Å². The van der Waals surface area contributed by atoms with Crippen molar-refractivity contribution in [2.75, 3.05) is 19.6 Å². The van der Waals surface area contributed by atoms with E-state index in [-0.39, 0.29) is 6.03 Å². The Kier molecular flexibility index (Phi) is 5.88. The highest BCUT2D eigenvalue weighted by Gasteiger charge is 2.28. The van der Waals surface area contributed by atoms with Gasteiger partial charge in [-0.05, 0) is 37.5 Å². The van der Waals surface area contributed by atoms with Gasteiger partial charge in [-0.3, -0.25) is 4.79 Å². The van der Waals surface area contributed by atoms with Gasteiger partial charge in [-0.15, -0.1) is 0 Å². The standard InChI is InChI=1S/C16H28N2O3/c1-12-4-2-5-13(10-12)7-8-17-16(21)18-9-3-6-14(11-18)15(19)20/h12-14H,2-11H2,1H3,(H,17,21)(H,19,20)/t12?,13?,14-/m0/s1. The predicted molar refractivity (Wildman–Crippen MR) is 81.1 cm³/mol. The molecular weight excluding hydrogens is 268 g/mol. The van der Waals surface area contributed by atoms with E-state index in [2.05, 4.69) is 12.2 Å². The van der Waals surface area contributed by atoms with E-state index in [9.17, 15) is 9.59 Å². The van der Waals surface area contributed by atoms with E-state index in [4.69, 9.17) is 5.11 Å². The number of hydrogen-bond acceptors (Lipinski definition) is 2. The molecular formula is C16H28N2O3. The largest absolute Gasteiger partial charge is 0.481 e. The fraction of sp³-hybridized carbons (Fsp3) is 0.875. The second kappa shape index (κ2) is 7.66. The fourth-order valence-corrected chi connectivity index (χ4v) is 3.68. The number of carbonyl (C=O) groups is 2. The summed E-state index contributed by atoms with van der Waals surface area (Å²) in [6, 6.07) is -0.0928. The average Bonchev–Trinajstić information content (AvgIpc) is 2.47. The van der Waals surface area contributed by atoms with E-state index in [1.807, 2.05) is 0 Å². The van der Waals surface area contributed by atoms with Crippen LogP contribution < -0.4 is 5.32 Å². The van der Waals surface area contributed by atoms with Crippen molar-refractivity contribution in [2.45, 2.75) is 51.9 Å². The van der Waals surface area contributed by atoms with Gasteiger partial charge in [0.05, 0.1) is 5.92 Å². The molecule has 5 nitrogen and oxygen atoms in total. The number of nitrogens with one attached hydrogen (secondary N) is 1. The Morgan fingerprint density at radius 3 is 2.76 bits per heavy atom. The highest BCUT2D eigenvalue weighted by Crippen LogP contribution is 2.30. The maximum absolute atomic E-state index is 12.1. The number of nitrogens with zero attached hydrogens (tertiary/aromatic N) is 1. The van der Waals surface area contributed by atoms with Gasteiger partial charge in [0.15, 0.2) is 0 Å². The summed E-state index contributed by atoms with van der Waals surface area (Å²) < 4.78 is 0. The van der Waals surface area contributed by atoms with E-state index in [1.165, 1.54) is 25.7 Å². The number of carboxylic acids is 1. The number of hydrogen-bond donors (Lipinski definition) is 2. The molecule has 21 heavy (non-hydrogen) atoms. The van der Waals surface area contributed by atoms with Crippen LogP contribution in [-0.4, -0.2) is 41.6 Å². The molecule has 0 bridgehead atoms. The molecule has 5 heteroatoms. The molecule has 1 aliphatic carbocycles. The van der Waals surface area contributed by atoms with E-state index in [0.29, 0.717) is 26.1 Å². The lowest BCUT2D eigenvalue weighted by molar-refractivity contribution is -0.143. The Morgan fingerprint density at radius 2 is 2.05 bits per heavy atom. The Morgan fingerprint density at radius 1 is 1.24 bits per heavy atom. The first-order chi connectivity index (χ1) is 10.1. The Bertz CT molecular complexity index is 373. The van der Waals surface area contributed by atoms with Crippen LogP contribution in [0.1, 0.15) is 51.9 Å². The summed E-state index contributed by atoms with van der Waals surface area (Å²) in [5, 5.41) is 12.0. The Balaban J connectivity index is 1.68. The molecule has 1 saturated carbocycles. The first kappa shape index (κ1) is 16.1. The lowest BCUT2D eigenvalue weighted by Crippen LogP contribution is -2.47. The molecule has 2 aliphatic rings. The van der Waals surface area contributed by atoms with Crippen molar-refractivity contribution in [3.05, 3.63) is 0 Å². The first-order valence-electron chi connectivity index (χ1n) is 8.32. The summed E-state index contributed by atoms with van der Waals surface area (Å²) in [7, 11) is 0. The number of rotatable bonds is 4. The first-order valence-corrected chi connectivity index (χ1v) is 8.32. The van der Waals surface area contributed by atoms with Crippen molar-refractivity contribution in [3.8, 4) is 0 Å². The predicted octanol–water partition coefficient (Wildman–Crippen LogP) is 2.71. The van der Waals surface area contributed by atoms with Gasteiger partial charge < -0.3 is 15.3 Å². The Hall–Kier alpha value is -1.26. The van der Waals surface area contributed by atoms with Gasteiger partial charge in [0, 0.05) is 19.6 Å². The van der Waals surface area contributed by atoms with Crippen molar-refractivity contribution in [1.82, 2.24) is 10.2 Å². The van der Waals surface area contributed by atoms with Gasteiger partial charge in [0.1, 0.15) is 0 Å². The number of amides is 2. The smallest absolute Gasteiger partial charge is 0.317 e. The second-order valence-electron chi connectivity index (χ2n) is 6.78. The molecule has 0 aromatic carbocycles. The molecule has 0 spiro atoms. The fourth-order valence-electron chi connectivity index (χ4n) is 3.68. The summed E-state index contributed by atoms with van der Waals surface area (Å²) >= 11 is 0. The monoisotopic (exact) mass is 296 g/mol. The second-order valence-corrected chi connectivity index (χ2v) is 6.78. The normalized spacial score (nSPS) is 30.0. The molecule has 2 fully saturated rings. The van der Waals surface area contributed by atoms with Crippen molar-refractivity contribution < 1.29 is 14.7 Å². The molecule has 1 saturated heterocycles. The highest BCUT2D eigenvalue weighted by atomic mass is 16.4. The quantitative estimate of drug-likeness (QED) is 0.838. The van der Waals surface area contributed by atoms with Gasteiger partial charge in [-0.25, -0.2) is 4.79 Å². The Labute approximate surface area is 127 Å². The third-order valence-electron chi connectivity index (χ3n) is 4.93. The zero-order valence-corrected chi connectivity index (χ0v) is 13.0. The average molecular weight is 296 g/mol. The van der Waals surface area contributed by atoms with Crippen molar-refractivity contribution >= 4 is 12.0 Å². The van der Waals surface area contributed by atoms with Crippen molar-refractivity contribution in [1.29, 1.82) is 0 Å². The zero-order chi connectivity index (χ0) is 15.2. The molecule has 3 atom stereocenters. The summed E-state index contributed by atoms with van der Waals surface area (Å²) in [4.78, 5) is 24.8. The lowest BCUT2D eigenvalue weighted by atomic mass is 9.81. The van der Waals surface area contributed by atoms with Gasteiger partial charge in [0.2, 0.25) is 0 Å². The van der Waals surface area contributed by atoms with Crippen LogP contribution in [0.2, 0.25) is 0 Å². The number of urea groups is 1. The van der Waals surface area contributed by atoms with E-state index in [0.717, 1.165) is 24.7 Å². The SMILES string of the molecule is CC1CCCC(CCNC(=O)N2CCC[C@H](C(=O)O)C2)C1. The minimum Gasteiger partial charge on any atom is -0.481 e. The van der Waals surface area contributed by atoms with Crippen LogP contribution in [0.25, 0.3) is 0 Å². The minimum absolute atomic E-state index is 0.0928. The minimum atomic E-state index is -0.788. The van der Waals surface area contributed by atoms with E-state index < -0.39 is 11.9 Å². The third-order valence-corrected chi connectivity index (χ3v) is 4.93. The molecule has 0 aromatic rings. The zero-order valence-electron chi connectivity index (χ0n) is 13.0. The number of piperidine rings is 1. The maximum Gasteiger partial charge on any atom is 0.317 e. The topological polar surface area (TPSA) is 69.6 Å². The number of carbonyl (C=O) groups excluding carboxylic acids is 1. The maximum atomic E-state index is 12.1. The molecule has 2 unspecified atom stereocenters. The molecule has 1 heterocycles. The summed E-state index contributed by atoms with van der Waals surface area (Å²) in [5.74, 6) is 0.368. The summed E-state index contributed by atoms with van der Waals surface area (Å²) in [5.41, 5.74) is 0. The van der Waals surface area contributed by atoms with E-state index in [1.54, 1.807) is 4.90 Å². The summed E-state index contributed by atoms with van der Waals surface area (Å²) in [6.45, 7) is 4.05. The lowest BCUT2D eigenvalue weighted by Gasteiger charge is -2.31. The van der Waals surface area contributed by atoms with Crippen molar-refractivity contribution in [3.63, 3.8) is 0 Å². The number of carboxylic acid groups (broad SMARTS) is 1. The third kappa shape index (κ3) is 4.90. The van der Waals surface area contributed by atoms with Gasteiger partial charge in [0.25, 0.3) is 0 Å². The van der Waals surface area contributed by atoms with Gasteiger partial charge >= 0.3 is 12.0 Å². The molecule has 2 N–H and O–H groups in total. The van der Waals surface area contributed by atoms with Crippen LogP contribution in [-0.2, 0) is 4.79 Å². The number of aliphatic carboxylic acids is 1. The van der Waals surface area contributed by atoms with Crippen LogP contribution in [0.15, 0.2) is 0 Å². The molecule has 0 aromatic heterocycles. The van der Waals surface area contributed by atoms with Gasteiger partial charge in [-0.1, -0.05) is 26.2 Å².